The molecule has 0 aromatic heterocycles. The summed E-state index contributed by atoms with van der Waals surface area (Å²) in [5.74, 6) is 0.977. The van der Waals surface area contributed by atoms with E-state index < -0.39 is 0 Å². The Bertz CT molecular complexity index is 854. The lowest BCUT2D eigenvalue weighted by atomic mass is 10.0. The summed E-state index contributed by atoms with van der Waals surface area (Å²) >= 11 is 5.87. The molecule has 0 saturated carbocycles. The van der Waals surface area contributed by atoms with E-state index in [2.05, 4.69) is 5.32 Å². The molecule has 1 aliphatic rings. The molecule has 1 N–H and O–H groups in total. The molecule has 0 aliphatic carbocycles. The van der Waals surface area contributed by atoms with Gasteiger partial charge in [0, 0.05) is 36.1 Å². The van der Waals surface area contributed by atoms with Crippen molar-refractivity contribution in [2.45, 2.75) is 45.6 Å². The third-order valence-corrected chi connectivity index (χ3v) is 5.73. The maximum atomic E-state index is 12.5. The molecule has 1 saturated heterocycles. The SMILES string of the molecule is Cc1cccc(C)c1OCCCC(=O)N1CCC(NC(=O)c2ccc(Cl)cc2)CC1. The average Bonchev–Trinajstić information content (AvgIpc) is 2.73. The number of hydrogen-bond donors (Lipinski definition) is 1. The second-order valence-corrected chi connectivity index (χ2v) is 8.24. The Hall–Kier alpha value is -2.53. The predicted molar refractivity (Wildman–Crippen MR) is 119 cm³/mol. The highest BCUT2D eigenvalue weighted by Crippen LogP contribution is 2.22. The molecule has 0 unspecified atom stereocenters. The molecule has 1 fully saturated rings. The van der Waals surface area contributed by atoms with Gasteiger partial charge in [0.1, 0.15) is 5.75 Å². The van der Waals surface area contributed by atoms with Gasteiger partial charge in [-0.15, -0.1) is 0 Å². The minimum absolute atomic E-state index is 0.0876. The number of carbonyl (C=O) groups is 2. The van der Waals surface area contributed by atoms with Crippen molar-refractivity contribution in [3.63, 3.8) is 0 Å². The van der Waals surface area contributed by atoms with E-state index in [-0.39, 0.29) is 17.9 Å². The lowest BCUT2D eigenvalue weighted by molar-refractivity contribution is -0.132. The second-order valence-electron chi connectivity index (χ2n) is 7.81. The number of benzene rings is 2. The van der Waals surface area contributed by atoms with Crippen molar-refractivity contribution in [3.05, 3.63) is 64.2 Å². The molecular formula is C24H29ClN2O3. The molecule has 0 radical (unpaired) electrons. The van der Waals surface area contributed by atoms with Crippen molar-refractivity contribution in [2.24, 2.45) is 0 Å². The van der Waals surface area contributed by atoms with Crippen LogP contribution < -0.4 is 10.1 Å². The monoisotopic (exact) mass is 428 g/mol. The van der Waals surface area contributed by atoms with Gasteiger partial charge in [0.15, 0.2) is 0 Å². The smallest absolute Gasteiger partial charge is 0.251 e. The molecular weight excluding hydrogens is 400 g/mol. The zero-order chi connectivity index (χ0) is 21.5. The van der Waals surface area contributed by atoms with Crippen molar-refractivity contribution in [2.75, 3.05) is 19.7 Å². The topological polar surface area (TPSA) is 58.6 Å². The third kappa shape index (κ3) is 5.99. The Kier molecular flexibility index (Phi) is 7.75. The van der Waals surface area contributed by atoms with Crippen LogP contribution in [-0.2, 0) is 4.79 Å². The summed E-state index contributed by atoms with van der Waals surface area (Å²) in [6, 6.07) is 13.0. The maximum absolute atomic E-state index is 12.5. The first-order chi connectivity index (χ1) is 14.4. The van der Waals surface area contributed by atoms with Gasteiger partial charge < -0.3 is 15.0 Å². The standard InChI is InChI=1S/C24H29ClN2O3/c1-17-5-3-6-18(2)23(17)30-16-4-7-22(28)27-14-12-21(13-15-27)26-24(29)19-8-10-20(25)11-9-19/h3,5-6,8-11,21H,4,7,12-16H2,1-2H3,(H,26,29). The van der Waals surface area contributed by atoms with Gasteiger partial charge in [0.2, 0.25) is 5.91 Å². The molecule has 0 atom stereocenters. The number of nitrogens with one attached hydrogen (secondary N) is 1. The number of hydrogen-bond acceptors (Lipinski definition) is 3. The zero-order valence-electron chi connectivity index (χ0n) is 17.6. The summed E-state index contributed by atoms with van der Waals surface area (Å²) in [7, 11) is 0. The average molecular weight is 429 g/mol. The maximum Gasteiger partial charge on any atom is 0.251 e. The number of aryl methyl sites for hydroxylation is 2. The van der Waals surface area contributed by atoms with E-state index in [1.165, 1.54) is 0 Å². The fourth-order valence-corrected chi connectivity index (χ4v) is 3.85. The Morgan fingerprint density at radius 2 is 1.70 bits per heavy atom. The largest absolute Gasteiger partial charge is 0.493 e. The molecule has 0 bridgehead atoms. The van der Waals surface area contributed by atoms with Crippen molar-refractivity contribution in [1.29, 1.82) is 0 Å². The van der Waals surface area contributed by atoms with Gasteiger partial charge in [-0.3, -0.25) is 9.59 Å². The molecule has 2 amide bonds. The number of carbonyl (C=O) groups excluding carboxylic acids is 2. The fraction of sp³-hybridized carbons (Fsp3) is 0.417. The van der Waals surface area contributed by atoms with Crippen LogP contribution in [0.2, 0.25) is 5.02 Å². The normalized spacial score (nSPS) is 14.4. The molecule has 0 spiro atoms. The van der Waals surface area contributed by atoms with Crippen LogP contribution in [-0.4, -0.2) is 42.5 Å². The van der Waals surface area contributed by atoms with Gasteiger partial charge in [0.05, 0.1) is 6.61 Å². The van der Waals surface area contributed by atoms with Gasteiger partial charge in [0.25, 0.3) is 5.91 Å². The number of likely N-dealkylation sites (tertiary alicyclic amines) is 1. The number of piperidine rings is 1. The number of ether oxygens (including phenoxy) is 1. The molecule has 5 nitrogen and oxygen atoms in total. The van der Waals surface area contributed by atoms with Crippen LogP contribution in [0.15, 0.2) is 42.5 Å². The zero-order valence-corrected chi connectivity index (χ0v) is 18.4. The number of para-hydroxylation sites is 1. The third-order valence-electron chi connectivity index (χ3n) is 5.48. The molecule has 3 rings (SSSR count). The van der Waals surface area contributed by atoms with Crippen LogP contribution in [0.1, 0.15) is 47.2 Å². The molecule has 1 aliphatic heterocycles. The van der Waals surface area contributed by atoms with Gasteiger partial charge >= 0.3 is 0 Å². The van der Waals surface area contributed by atoms with E-state index in [0.717, 1.165) is 29.7 Å². The summed E-state index contributed by atoms with van der Waals surface area (Å²) in [4.78, 5) is 26.7. The summed E-state index contributed by atoms with van der Waals surface area (Å²) in [5.41, 5.74) is 2.83. The Morgan fingerprint density at radius 1 is 1.07 bits per heavy atom. The number of rotatable bonds is 7. The highest BCUT2D eigenvalue weighted by atomic mass is 35.5. The minimum Gasteiger partial charge on any atom is -0.493 e. The first kappa shape index (κ1) is 22.2. The first-order valence-corrected chi connectivity index (χ1v) is 10.8. The van der Waals surface area contributed by atoms with Crippen molar-refractivity contribution < 1.29 is 14.3 Å². The lowest BCUT2D eigenvalue weighted by Crippen LogP contribution is -2.46. The Labute approximate surface area is 183 Å². The first-order valence-electron chi connectivity index (χ1n) is 10.5. The van der Waals surface area contributed by atoms with E-state index >= 15 is 0 Å². The molecule has 2 aromatic rings. The summed E-state index contributed by atoms with van der Waals surface area (Å²) in [6.07, 6.45) is 2.71. The van der Waals surface area contributed by atoms with Gasteiger partial charge in [-0.2, -0.15) is 0 Å². The van der Waals surface area contributed by atoms with E-state index in [9.17, 15) is 9.59 Å². The fourth-order valence-electron chi connectivity index (χ4n) is 3.73. The highest BCUT2D eigenvalue weighted by molar-refractivity contribution is 6.30. The van der Waals surface area contributed by atoms with Crippen molar-refractivity contribution in [3.8, 4) is 5.75 Å². The number of halogens is 1. The molecule has 160 valence electrons. The summed E-state index contributed by atoms with van der Waals surface area (Å²) in [5, 5.41) is 3.66. The second kappa shape index (κ2) is 10.5. The van der Waals surface area contributed by atoms with Crippen molar-refractivity contribution in [1.82, 2.24) is 10.2 Å². The Morgan fingerprint density at radius 3 is 2.33 bits per heavy atom. The highest BCUT2D eigenvalue weighted by Gasteiger charge is 2.24. The van der Waals surface area contributed by atoms with Crippen LogP contribution in [0.4, 0.5) is 0 Å². The number of amides is 2. The molecule has 30 heavy (non-hydrogen) atoms. The lowest BCUT2D eigenvalue weighted by Gasteiger charge is -2.32. The van der Waals surface area contributed by atoms with E-state index in [4.69, 9.17) is 16.3 Å². The van der Waals surface area contributed by atoms with Gasteiger partial charge in [-0.25, -0.2) is 0 Å². The molecule has 6 heteroatoms. The predicted octanol–water partition coefficient (Wildman–Crippen LogP) is 4.54. The molecule has 2 aromatic carbocycles. The van der Waals surface area contributed by atoms with E-state index in [1.54, 1.807) is 24.3 Å². The van der Waals surface area contributed by atoms with Crippen LogP contribution in [0.25, 0.3) is 0 Å². The van der Waals surface area contributed by atoms with Gasteiger partial charge in [-0.1, -0.05) is 29.8 Å². The van der Waals surface area contributed by atoms with Crippen LogP contribution in [0, 0.1) is 13.8 Å². The quantitative estimate of drug-likeness (QED) is 0.659. The van der Waals surface area contributed by atoms with Crippen LogP contribution in [0.3, 0.4) is 0 Å². The minimum atomic E-state index is -0.0971. The molecule has 1 heterocycles. The van der Waals surface area contributed by atoms with Gasteiger partial charge in [-0.05, 0) is 68.5 Å². The summed E-state index contributed by atoms with van der Waals surface area (Å²) in [6.45, 7) is 5.93. The summed E-state index contributed by atoms with van der Waals surface area (Å²) < 4.78 is 5.89. The Balaban J connectivity index is 1.36. The van der Waals surface area contributed by atoms with Crippen LogP contribution >= 0.6 is 11.6 Å². The van der Waals surface area contributed by atoms with Crippen molar-refractivity contribution >= 4 is 23.4 Å². The number of nitrogens with zero attached hydrogens (tertiary/aromatic N) is 1. The van der Waals surface area contributed by atoms with Crippen LogP contribution in [0.5, 0.6) is 5.75 Å². The van der Waals surface area contributed by atoms with E-state index in [0.29, 0.717) is 43.1 Å². The van der Waals surface area contributed by atoms with E-state index in [1.807, 2.05) is 36.9 Å².